The molecule has 2 atom stereocenters. The molecule has 1 aliphatic rings. The summed E-state index contributed by atoms with van der Waals surface area (Å²) in [7, 11) is -3.34. The van der Waals surface area contributed by atoms with Crippen molar-refractivity contribution in [3.63, 3.8) is 0 Å². The third-order valence-electron chi connectivity index (χ3n) is 5.33. The monoisotopic (exact) mass is 391 g/mol. The minimum Gasteiger partial charge on any atom is -0.300 e. The highest BCUT2D eigenvalue weighted by Gasteiger charge is 2.42. The Kier molecular flexibility index (Phi) is 5.75. The van der Waals surface area contributed by atoms with E-state index in [4.69, 9.17) is 11.6 Å². The van der Waals surface area contributed by atoms with Gasteiger partial charge in [0.15, 0.2) is 9.84 Å². The molecule has 0 aromatic heterocycles. The van der Waals surface area contributed by atoms with E-state index < -0.39 is 15.4 Å². The lowest BCUT2D eigenvalue weighted by Crippen LogP contribution is -2.48. The first-order chi connectivity index (χ1) is 12.4. The van der Waals surface area contributed by atoms with E-state index in [2.05, 4.69) is 19.2 Å². The van der Waals surface area contributed by atoms with E-state index in [0.717, 1.165) is 36.8 Å². The molecule has 26 heavy (non-hydrogen) atoms. The maximum Gasteiger partial charge on any atom is 0.180 e. The van der Waals surface area contributed by atoms with Gasteiger partial charge in [0, 0.05) is 11.1 Å². The van der Waals surface area contributed by atoms with E-state index in [1.165, 1.54) is 0 Å². The predicted octanol–water partition coefficient (Wildman–Crippen LogP) is 4.93. The largest absolute Gasteiger partial charge is 0.300 e. The van der Waals surface area contributed by atoms with Crippen LogP contribution in [0, 0.1) is 0 Å². The summed E-state index contributed by atoms with van der Waals surface area (Å²) >= 11 is 6.10. The molecule has 0 saturated heterocycles. The molecule has 0 unspecified atom stereocenters. The van der Waals surface area contributed by atoms with Gasteiger partial charge in [0.1, 0.15) is 0 Å². The lowest BCUT2D eigenvalue weighted by Gasteiger charge is -2.37. The Morgan fingerprint density at radius 2 is 1.81 bits per heavy atom. The smallest absolute Gasteiger partial charge is 0.180 e. The van der Waals surface area contributed by atoms with Crippen LogP contribution in [-0.2, 0) is 15.4 Å². The second-order valence-corrected chi connectivity index (χ2v) is 9.47. The van der Waals surface area contributed by atoms with Gasteiger partial charge in [0.05, 0.1) is 16.2 Å². The Hall–Kier alpha value is -1.36. The van der Waals surface area contributed by atoms with Crippen molar-refractivity contribution in [1.29, 1.82) is 0 Å². The van der Waals surface area contributed by atoms with Crippen LogP contribution in [0.3, 0.4) is 0 Å². The van der Waals surface area contributed by atoms with Crippen LogP contribution >= 0.6 is 11.6 Å². The Morgan fingerprint density at radius 1 is 1.12 bits per heavy atom. The molecule has 140 valence electrons. The fraction of sp³-hybridized carbons (Fsp3) is 0.429. The molecule has 0 spiro atoms. The highest BCUT2D eigenvalue weighted by Crippen LogP contribution is 2.40. The van der Waals surface area contributed by atoms with Crippen molar-refractivity contribution in [2.75, 3.05) is 5.75 Å². The van der Waals surface area contributed by atoms with Gasteiger partial charge in [-0.3, -0.25) is 5.32 Å². The summed E-state index contributed by atoms with van der Waals surface area (Å²) < 4.78 is 26.2. The summed E-state index contributed by atoms with van der Waals surface area (Å²) in [4.78, 5) is 0.447. The van der Waals surface area contributed by atoms with E-state index in [1.807, 2.05) is 42.5 Å². The Labute approximate surface area is 161 Å². The summed E-state index contributed by atoms with van der Waals surface area (Å²) in [6.07, 6.45) is 3.65. The normalized spacial score (nSPS) is 24.7. The first-order valence-corrected chi connectivity index (χ1v) is 11.3. The number of benzene rings is 2. The number of rotatable bonds is 5. The van der Waals surface area contributed by atoms with Crippen LogP contribution in [0.25, 0.3) is 0 Å². The van der Waals surface area contributed by atoms with E-state index >= 15 is 0 Å². The van der Waals surface area contributed by atoms with Crippen molar-refractivity contribution in [2.24, 2.45) is 0 Å². The molecule has 0 bridgehead atoms. The van der Waals surface area contributed by atoms with Crippen LogP contribution < -0.4 is 5.32 Å². The minimum atomic E-state index is -3.34. The first kappa shape index (κ1) is 19.4. The molecular weight excluding hydrogens is 366 g/mol. The van der Waals surface area contributed by atoms with Gasteiger partial charge in [-0.25, -0.2) is 8.42 Å². The molecule has 1 heterocycles. The van der Waals surface area contributed by atoms with Gasteiger partial charge in [-0.15, -0.1) is 0 Å². The Bertz CT molecular complexity index is 864. The molecule has 0 amide bonds. The highest BCUT2D eigenvalue weighted by molar-refractivity contribution is 7.91. The van der Waals surface area contributed by atoms with Gasteiger partial charge < -0.3 is 0 Å². The molecule has 0 fully saturated rings. The quantitative estimate of drug-likeness (QED) is 0.786. The number of unbranched alkanes of at least 4 members (excludes halogenated alkanes) is 1. The van der Waals surface area contributed by atoms with Gasteiger partial charge in [-0.05, 0) is 42.2 Å². The van der Waals surface area contributed by atoms with Crippen LogP contribution in [0.5, 0.6) is 0 Å². The Morgan fingerprint density at radius 3 is 2.46 bits per heavy atom. The Balaban J connectivity index is 2.22. The molecule has 0 radical (unpaired) electrons. The van der Waals surface area contributed by atoms with Crippen molar-refractivity contribution in [1.82, 2.24) is 5.32 Å². The number of hydrogen-bond acceptors (Lipinski definition) is 3. The fourth-order valence-electron chi connectivity index (χ4n) is 3.99. The lowest BCUT2D eigenvalue weighted by atomic mass is 9.79. The van der Waals surface area contributed by atoms with Crippen molar-refractivity contribution in [3.05, 3.63) is 64.7 Å². The maximum atomic E-state index is 13.1. The molecular formula is C21H26ClNO2S. The molecule has 1 aliphatic heterocycles. The average Bonchev–Trinajstić information content (AvgIpc) is 2.74. The van der Waals surface area contributed by atoms with Gasteiger partial charge in [-0.2, -0.15) is 0 Å². The number of halogens is 1. The van der Waals surface area contributed by atoms with Crippen molar-refractivity contribution >= 4 is 21.4 Å². The average molecular weight is 392 g/mol. The molecule has 1 N–H and O–H groups in total. The van der Waals surface area contributed by atoms with E-state index in [-0.39, 0.29) is 11.8 Å². The zero-order valence-corrected chi connectivity index (χ0v) is 16.9. The second kappa shape index (κ2) is 7.71. The predicted molar refractivity (Wildman–Crippen MR) is 107 cm³/mol. The van der Waals surface area contributed by atoms with Crippen molar-refractivity contribution in [3.8, 4) is 0 Å². The summed E-state index contributed by atoms with van der Waals surface area (Å²) in [6, 6.07) is 15.1. The van der Waals surface area contributed by atoms with Crippen LogP contribution in [0.1, 0.15) is 50.7 Å². The molecule has 3 rings (SSSR count). The third kappa shape index (κ3) is 3.55. The topological polar surface area (TPSA) is 46.2 Å². The number of sulfone groups is 1. The third-order valence-corrected chi connectivity index (χ3v) is 7.45. The molecule has 2 aromatic carbocycles. The molecule has 3 nitrogen and oxygen atoms in total. The van der Waals surface area contributed by atoms with Crippen molar-refractivity contribution in [2.45, 2.75) is 56.0 Å². The van der Waals surface area contributed by atoms with E-state index in [9.17, 15) is 8.42 Å². The van der Waals surface area contributed by atoms with Crippen LogP contribution in [0.4, 0.5) is 0 Å². The zero-order valence-electron chi connectivity index (χ0n) is 15.3. The van der Waals surface area contributed by atoms with Gasteiger partial charge >= 0.3 is 0 Å². The summed E-state index contributed by atoms with van der Waals surface area (Å²) in [6.45, 7) is 4.24. The number of hydrogen-bond donors (Lipinski definition) is 1. The molecule has 0 saturated carbocycles. The lowest BCUT2D eigenvalue weighted by molar-refractivity contribution is 0.329. The van der Waals surface area contributed by atoms with Gasteiger partial charge in [0.2, 0.25) is 0 Å². The fourth-order valence-corrected chi connectivity index (χ4v) is 5.94. The molecule has 5 heteroatoms. The van der Waals surface area contributed by atoms with Gasteiger partial charge in [0.25, 0.3) is 0 Å². The van der Waals surface area contributed by atoms with E-state index in [0.29, 0.717) is 9.92 Å². The highest BCUT2D eigenvalue weighted by atomic mass is 35.5. The summed E-state index contributed by atoms with van der Waals surface area (Å²) in [5, 5.41) is 4.42. The summed E-state index contributed by atoms with van der Waals surface area (Å²) in [5.74, 6) is 0.138. The second-order valence-electron chi connectivity index (χ2n) is 7.03. The zero-order chi connectivity index (χ0) is 18.8. The minimum absolute atomic E-state index is 0.0806. The maximum absolute atomic E-state index is 13.1. The number of nitrogens with one attached hydrogen (secondary N) is 1. The number of fused-ring (bicyclic) bond motifs is 1. The SMILES string of the molecule is CCCC[C@H]1CS(=O)(=O)c2ccccc2[C@@](CC)(c2ccc(Cl)cc2)N1. The molecule has 2 aromatic rings. The van der Waals surface area contributed by atoms with Gasteiger partial charge in [-0.1, -0.05) is 68.6 Å². The van der Waals surface area contributed by atoms with Crippen molar-refractivity contribution < 1.29 is 8.42 Å². The van der Waals surface area contributed by atoms with Crippen LogP contribution in [-0.4, -0.2) is 20.2 Å². The molecule has 0 aliphatic carbocycles. The van der Waals surface area contributed by atoms with Crippen LogP contribution in [0.15, 0.2) is 53.4 Å². The van der Waals surface area contributed by atoms with E-state index in [1.54, 1.807) is 6.07 Å². The van der Waals surface area contributed by atoms with Crippen LogP contribution in [0.2, 0.25) is 5.02 Å². The summed E-state index contributed by atoms with van der Waals surface area (Å²) in [5.41, 5.74) is 1.35. The first-order valence-electron chi connectivity index (χ1n) is 9.29. The standard InChI is InChI=1S/C21H26ClNO2S/c1-3-5-8-18-15-26(24,25)20-10-7-6-9-19(20)21(4-2,23-18)16-11-13-17(22)14-12-16/h6-7,9-14,18,23H,3-5,8,15H2,1-2H3/t18-,21+/m0/s1.